The lowest BCUT2D eigenvalue weighted by atomic mass is 10.1. The van der Waals surface area contributed by atoms with Gasteiger partial charge in [0.25, 0.3) is 0 Å². The van der Waals surface area contributed by atoms with Crippen molar-refractivity contribution < 1.29 is 22.6 Å². The largest absolute Gasteiger partial charge is 0.497 e. The van der Waals surface area contributed by atoms with Crippen LogP contribution in [0.5, 0.6) is 17.2 Å². The van der Waals surface area contributed by atoms with Gasteiger partial charge >= 0.3 is 0 Å². The van der Waals surface area contributed by atoms with Crippen LogP contribution in [0.4, 0.5) is 0 Å². The average Bonchev–Trinajstić information content (AvgIpc) is 2.61. The van der Waals surface area contributed by atoms with Crippen molar-refractivity contribution in [2.24, 2.45) is 0 Å². The molecule has 24 heavy (non-hydrogen) atoms. The molecule has 0 fully saturated rings. The van der Waals surface area contributed by atoms with Gasteiger partial charge in [0.15, 0.2) is 0 Å². The SMILES string of the molecule is COc1ccc(CCNS(=O)(=O)c2ccc(OC)cc2OC)cc1. The van der Waals surface area contributed by atoms with Crippen LogP contribution < -0.4 is 18.9 Å². The smallest absolute Gasteiger partial charge is 0.244 e. The van der Waals surface area contributed by atoms with E-state index in [9.17, 15) is 8.42 Å². The summed E-state index contributed by atoms with van der Waals surface area (Å²) in [6.45, 7) is 0.282. The molecule has 2 aromatic carbocycles. The van der Waals surface area contributed by atoms with E-state index >= 15 is 0 Å². The number of sulfonamides is 1. The predicted octanol–water partition coefficient (Wildman–Crippen LogP) is 2.23. The number of benzene rings is 2. The maximum Gasteiger partial charge on any atom is 0.244 e. The van der Waals surface area contributed by atoms with Crippen molar-refractivity contribution >= 4 is 10.0 Å². The number of nitrogens with one attached hydrogen (secondary N) is 1. The number of rotatable bonds is 8. The lowest BCUT2D eigenvalue weighted by Gasteiger charge is -2.12. The fourth-order valence-corrected chi connectivity index (χ4v) is 3.38. The van der Waals surface area contributed by atoms with E-state index in [2.05, 4.69) is 4.72 Å². The Bertz CT molecular complexity index is 772. The fourth-order valence-electron chi connectivity index (χ4n) is 2.20. The van der Waals surface area contributed by atoms with Crippen molar-refractivity contribution in [2.75, 3.05) is 27.9 Å². The third kappa shape index (κ3) is 4.39. The van der Waals surface area contributed by atoms with E-state index in [-0.39, 0.29) is 17.2 Å². The molecule has 6 nitrogen and oxygen atoms in total. The summed E-state index contributed by atoms with van der Waals surface area (Å²) in [4.78, 5) is 0.0838. The molecule has 0 amide bonds. The normalized spacial score (nSPS) is 11.1. The Kier molecular flexibility index (Phi) is 6.05. The Hall–Kier alpha value is -2.25. The second kappa shape index (κ2) is 8.03. The van der Waals surface area contributed by atoms with Crippen LogP contribution in [0.15, 0.2) is 47.4 Å². The van der Waals surface area contributed by atoms with Crippen LogP contribution in [0, 0.1) is 0 Å². The molecule has 7 heteroatoms. The first-order valence-corrected chi connectivity index (χ1v) is 8.83. The Balaban J connectivity index is 2.05. The summed E-state index contributed by atoms with van der Waals surface area (Å²) in [6.07, 6.45) is 0.571. The monoisotopic (exact) mass is 351 g/mol. The van der Waals surface area contributed by atoms with Crippen LogP contribution in [0.3, 0.4) is 0 Å². The van der Waals surface area contributed by atoms with Crippen molar-refractivity contribution in [1.29, 1.82) is 0 Å². The second-order valence-electron chi connectivity index (χ2n) is 5.01. The fraction of sp³-hybridized carbons (Fsp3) is 0.294. The van der Waals surface area contributed by atoms with E-state index in [1.807, 2.05) is 24.3 Å². The molecule has 2 rings (SSSR count). The Morgan fingerprint density at radius 3 is 2.08 bits per heavy atom. The third-order valence-corrected chi connectivity index (χ3v) is 5.03. The van der Waals surface area contributed by atoms with Gasteiger partial charge in [-0.3, -0.25) is 0 Å². The van der Waals surface area contributed by atoms with Crippen LogP contribution in [0.1, 0.15) is 5.56 Å². The maximum absolute atomic E-state index is 12.5. The zero-order valence-electron chi connectivity index (χ0n) is 13.9. The molecule has 2 aromatic rings. The van der Waals surface area contributed by atoms with Gasteiger partial charge in [0.2, 0.25) is 10.0 Å². The van der Waals surface area contributed by atoms with Gasteiger partial charge in [-0.25, -0.2) is 13.1 Å². The molecule has 130 valence electrons. The summed E-state index contributed by atoms with van der Waals surface area (Å²) < 4.78 is 42.8. The van der Waals surface area contributed by atoms with Gasteiger partial charge in [0.1, 0.15) is 22.1 Å². The first-order valence-electron chi connectivity index (χ1n) is 7.35. The summed E-state index contributed by atoms with van der Waals surface area (Å²) in [6, 6.07) is 12.1. The van der Waals surface area contributed by atoms with Crippen molar-refractivity contribution in [1.82, 2.24) is 4.72 Å². The minimum atomic E-state index is -3.67. The van der Waals surface area contributed by atoms with Crippen molar-refractivity contribution in [2.45, 2.75) is 11.3 Å². The van der Waals surface area contributed by atoms with Crippen molar-refractivity contribution in [3.05, 3.63) is 48.0 Å². The molecule has 0 saturated heterocycles. The lowest BCUT2D eigenvalue weighted by molar-refractivity contribution is 0.386. The molecule has 0 radical (unpaired) electrons. The quantitative estimate of drug-likeness (QED) is 0.789. The molecule has 0 aliphatic heterocycles. The zero-order chi connectivity index (χ0) is 17.6. The molecular weight excluding hydrogens is 330 g/mol. The topological polar surface area (TPSA) is 73.9 Å². The van der Waals surface area contributed by atoms with Gasteiger partial charge < -0.3 is 14.2 Å². The standard InChI is InChI=1S/C17H21NO5S/c1-21-14-6-4-13(5-7-14)10-11-18-24(19,20)17-9-8-15(22-2)12-16(17)23-3/h4-9,12,18H,10-11H2,1-3H3. The highest BCUT2D eigenvalue weighted by atomic mass is 32.2. The highest BCUT2D eigenvalue weighted by Gasteiger charge is 2.19. The summed E-state index contributed by atoms with van der Waals surface area (Å²) in [5.41, 5.74) is 1.01. The van der Waals surface area contributed by atoms with Crippen LogP contribution in [-0.4, -0.2) is 36.3 Å². The van der Waals surface area contributed by atoms with E-state index in [0.717, 1.165) is 11.3 Å². The highest BCUT2D eigenvalue weighted by Crippen LogP contribution is 2.28. The molecule has 0 heterocycles. The van der Waals surface area contributed by atoms with E-state index in [1.54, 1.807) is 13.2 Å². The number of hydrogen-bond donors (Lipinski definition) is 1. The van der Waals surface area contributed by atoms with Gasteiger partial charge in [-0.05, 0) is 36.2 Å². The Morgan fingerprint density at radius 2 is 1.50 bits per heavy atom. The van der Waals surface area contributed by atoms with E-state index in [0.29, 0.717) is 12.2 Å². The van der Waals surface area contributed by atoms with Crippen LogP contribution in [0.25, 0.3) is 0 Å². The predicted molar refractivity (Wildman–Crippen MR) is 91.4 cm³/mol. The molecule has 0 aliphatic carbocycles. The summed E-state index contributed by atoms with van der Waals surface area (Å²) in [7, 11) is 0.868. The summed E-state index contributed by atoms with van der Waals surface area (Å²) in [5, 5.41) is 0. The zero-order valence-corrected chi connectivity index (χ0v) is 14.7. The molecular formula is C17H21NO5S. The molecule has 0 aliphatic rings. The molecule has 0 spiro atoms. The van der Waals surface area contributed by atoms with Gasteiger partial charge in [-0.2, -0.15) is 0 Å². The van der Waals surface area contributed by atoms with Crippen molar-refractivity contribution in [3.63, 3.8) is 0 Å². The first-order chi connectivity index (χ1) is 11.5. The molecule has 0 bridgehead atoms. The minimum absolute atomic E-state index is 0.0838. The second-order valence-corrected chi connectivity index (χ2v) is 6.75. The average molecular weight is 351 g/mol. The minimum Gasteiger partial charge on any atom is -0.497 e. The maximum atomic E-state index is 12.5. The number of hydrogen-bond acceptors (Lipinski definition) is 5. The summed E-state index contributed by atoms with van der Waals surface area (Å²) in [5.74, 6) is 1.54. The Morgan fingerprint density at radius 1 is 0.875 bits per heavy atom. The molecule has 1 N–H and O–H groups in total. The number of methoxy groups -OCH3 is 3. The van der Waals surface area contributed by atoms with Gasteiger partial charge in [-0.1, -0.05) is 12.1 Å². The number of ether oxygens (including phenoxy) is 3. The molecule has 0 unspecified atom stereocenters. The van der Waals surface area contributed by atoms with Gasteiger partial charge in [-0.15, -0.1) is 0 Å². The van der Waals surface area contributed by atoms with Crippen LogP contribution in [-0.2, 0) is 16.4 Å². The summed E-state index contributed by atoms with van der Waals surface area (Å²) >= 11 is 0. The third-order valence-electron chi connectivity index (χ3n) is 3.53. The van der Waals surface area contributed by atoms with Gasteiger partial charge in [0, 0.05) is 12.6 Å². The van der Waals surface area contributed by atoms with Crippen LogP contribution >= 0.6 is 0 Å². The molecule has 0 saturated carbocycles. The highest BCUT2D eigenvalue weighted by molar-refractivity contribution is 7.89. The first kappa shape index (κ1) is 18.1. The van der Waals surface area contributed by atoms with Gasteiger partial charge in [0.05, 0.1) is 21.3 Å². The van der Waals surface area contributed by atoms with E-state index < -0.39 is 10.0 Å². The Labute approximate surface area is 142 Å². The lowest BCUT2D eigenvalue weighted by Crippen LogP contribution is -2.26. The van der Waals surface area contributed by atoms with E-state index in [1.165, 1.54) is 26.4 Å². The molecule has 0 aromatic heterocycles. The van der Waals surface area contributed by atoms with Crippen LogP contribution in [0.2, 0.25) is 0 Å². The van der Waals surface area contributed by atoms with E-state index in [4.69, 9.17) is 14.2 Å². The molecule has 0 atom stereocenters. The van der Waals surface area contributed by atoms with Crippen molar-refractivity contribution in [3.8, 4) is 17.2 Å².